The molecule has 0 saturated heterocycles. The van der Waals surface area contributed by atoms with Gasteiger partial charge in [0.25, 0.3) is 0 Å². The molecular weight excluding hydrogens is 422 g/mol. The molecule has 4 rings (SSSR count). The minimum absolute atomic E-state index is 0.0247. The lowest BCUT2D eigenvalue weighted by Crippen LogP contribution is -2.47. The number of hydrogen-bond acceptors (Lipinski definition) is 4. The Morgan fingerprint density at radius 2 is 1.72 bits per heavy atom. The molecule has 1 atom stereocenters. The largest absolute Gasteiger partial charge is 0.477 e. The lowest BCUT2D eigenvalue weighted by Gasteiger charge is -2.38. The fourth-order valence-electron chi connectivity index (χ4n) is 5.67. The van der Waals surface area contributed by atoms with Gasteiger partial charge in [-0.3, -0.25) is 4.79 Å². The Labute approximate surface area is 195 Å². The van der Waals surface area contributed by atoms with E-state index in [1.807, 2.05) is 11.0 Å². The SMILES string of the molecule is CC1=CCC(c2cc(N(C(=O)[C@H]3CC[C@H](C)CC3)[C@H]3CC[C@H](O)CC3)c(C(=O)O)s2)CC1. The van der Waals surface area contributed by atoms with Gasteiger partial charge in [-0.1, -0.05) is 18.6 Å². The van der Waals surface area contributed by atoms with Crippen LogP contribution in [0.5, 0.6) is 0 Å². The van der Waals surface area contributed by atoms with Crippen molar-refractivity contribution < 1.29 is 19.8 Å². The molecule has 6 heteroatoms. The third kappa shape index (κ3) is 5.12. The molecule has 1 aromatic rings. The second-order valence-corrected chi connectivity index (χ2v) is 11.4. The average Bonchev–Trinajstić information content (AvgIpc) is 3.21. The number of carbonyl (C=O) groups excluding carboxylic acids is 1. The molecule has 3 aliphatic rings. The summed E-state index contributed by atoms with van der Waals surface area (Å²) < 4.78 is 0. The van der Waals surface area contributed by atoms with Gasteiger partial charge in [0.05, 0.1) is 11.8 Å². The molecule has 2 N–H and O–H groups in total. The number of rotatable bonds is 5. The quantitative estimate of drug-likeness (QED) is 0.520. The minimum atomic E-state index is -0.940. The minimum Gasteiger partial charge on any atom is -0.477 e. The molecule has 3 aliphatic carbocycles. The summed E-state index contributed by atoms with van der Waals surface area (Å²) in [5, 5.41) is 20.1. The first-order valence-electron chi connectivity index (χ1n) is 12.4. The molecule has 1 aromatic heterocycles. The Bertz CT molecular complexity index is 859. The van der Waals surface area contributed by atoms with E-state index >= 15 is 0 Å². The number of aliphatic hydroxyl groups is 1. The smallest absolute Gasteiger partial charge is 0.348 e. The molecular formula is C26H37NO4S. The number of carboxylic acid groups (broad SMARTS) is 1. The Hall–Kier alpha value is -1.66. The number of aromatic carboxylic acids is 1. The zero-order chi connectivity index (χ0) is 22.8. The van der Waals surface area contributed by atoms with Crippen LogP contribution in [-0.2, 0) is 4.79 Å². The predicted molar refractivity (Wildman–Crippen MR) is 128 cm³/mol. The van der Waals surface area contributed by atoms with Gasteiger partial charge in [-0.15, -0.1) is 11.3 Å². The van der Waals surface area contributed by atoms with Gasteiger partial charge < -0.3 is 15.1 Å². The lowest BCUT2D eigenvalue weighted by molar-refractivity contribution is -0.124. The van der Waals surface area contributed by atoms with Crippen molar-refractivity contribution in [1.82, 2.24) is 0 Å². The first-order valence-corrected chi connectivity index (χ1v) is 13.2. The summed E-state index contributed by atoms with van der Waals surface area (Å²) in [5.41, 5.74) is 2.01. The van der Waals surface area contributed by atoms with Crippen LogP contribution in [0, 0.1) is 11.8 Å². The van der Waals surface area contributed by atoms with E-state index in [1.54, 1.807) is 0 Å². The summed E-state index contributed by atoms with van der Waals surface area (Å²) in [6, 6.07) is 1.99. The molecule has 176 valence electrons. The molecule has 0 bridgehead atoms. The highest BCUT2D eigenvalue weighted by atomic mass is 32.1. The van der Waals surface area contributed by atoms with E-state index in [1.165, 1.54) is 16.9 Å². The Balaban J connectivity index is 1.68. The van der Waals surface area contributed by atoms with Gasteiger partial charge in [0.1, 0.15) is 4.88 Å². The first kappa shape index (κ1) is 23.5. The maximum absolute atomic E-state index is 13.9. The van der Waals surface area contributed by atoms with Crippen LogP contribution in [0.25, 0.3) is 0 Å². The van der Waals surface area contributed by atoms with Gasteiger partial charge in [0.15, 0.2) is 0 Å². The molecule has 2 fully saturated rings. The molecule has 0 aromatic carbocycles. The third-order valence-electron chi connectivity index (χ3n) is 7.86. The van der Waals surface area contributed by atoms with Crippen LogP contribution in [0.15, 0.2) is 17.7 Å². The van der Waals surface area contributed by atoms with E-state index in [0.717, 1.165) is 62.7 Å². The van der Waals surface area contributed by atoms with Crippen molar-refractivity contribution in [3.63, 3.8) is 0 Å². The number of carboxylic acids is 1. The molecule has 1 unspecified atom stereocenters. The third-order valence-corrected chi connectivity index (χ3v) is 9.13. The van der Waals surface area contributed by atoms with E-state index < -0.39 is 5.97 Å². The van der Waals surface area contributed by atoms with Gasteiger partial charge in [-0.2, -0.15) is 0 Å². The Morgan fingerprint density at radius 1 is 1.03 bits per heavy atom. The van der Waals surface area contributed by atoms with Crippen molar-refractivity contribution in [3.05, 3.63) is 27.5 Å². The first-order chi connectivity index (χ1) is 15.3. The lowest BCUT2D eigenvalue weighted by atomic mass is 9.81. The van der Waals surface area contributed by atoms with E-state index in [2.05, 4.69) is 19.9 Å². The van der Waals surface area contributed by atoms with Crippen molar-refractivity contribution in [3.8, 4) is 0 Å². The zero-order valence-electron chi connectivity index (χ0n) is 19.4. The summed E-state index contributed by atoms with van der Waals surface area (Å²) >= 11 is 1.36. The summed E-state index contributed by atoms with van der Waals surface area (Å²) in [4.78, 5) is 29.4. The summed E-state index contributed by atoms with van der Waals surface area (Å²) in [6.07, 6.45) is 11.7. The van der Waals surface area contributed by atoms with Gasteiger partial charge in [-0.25, -0.2) is 4.79 Å². The Kier molecular flexibility index (Phi) is 7.40. The standard InChI is InChI=1S/C26H37NO4S/c1-16-3-7-18(8-4-16)23-15-22(24(32-23)26(30)31)27(20-11-13-21(28)14-12-20)25(29)19-9-5-17(2)6-10-19/h3,15,17-21,28H,4-14H2,1-2H3,(H,30,31)/t17-,18?,19-,20-,21-. The molecule has 1 heterocycles. The fraction of sp³-hybridized carbons (Fsp3) is 0.692. The number of thiophene rings is 1. The van der Waals surface area contributed by atoms with Gasteiger partial charge >= 0.3 is 5.97 Å². The van der Waals surface area contributed by atoms with Crippen molar-refractivity contribution in [2.45, 2.75) is 103 Å². The number of anilines is 1. The van der Waals surface area contributed by atoms with E-state index in [9.17, 15) is 19.8 Å². The molecule has 0 spiro atoms. The van der Waals surface area contributed by atoms with E-state index in [-0.39, 0.29) is 24.0 Å². The number of carbonyl (C=O) groups is 2. The van der Waals surface area contributed by atoms with Gasteiger partial charge in [0, 0.05) is 16.8 Å². The van der Waals surface area contributed by atoms with Crippen LogP contribution in [0.1, 0.15) is 105 Å². The number of hydrogen-bond donors (Lipinski definition) is 2. The maximum atomic E-state index is 13.9. The highest BCUT2D eigenvalue weighted by Gasteiger charge is 2.37. The van der Waals surface area contributed by atoms with E-state index in [0.29, 0.717) is 35.2 Å². The highest BCUT2D eigenvalue weighted by molar-refractivity contribution is 7.14. The molecule has 1 amide bonds. The van der Waals surface area contributed by atoms with Gasteiger partial charge in [0.2, 0.25) is 5.91 Å². The molecule has 5 nitrogen and oxygen atoms in total. The maximum Gasteiger partial charge on any atom is 0.348 e. The number of nitrogens with zero attached hydrogens (tertiary/aromatic N) is 1. The monoisotopic (exact) mass is 459 g/mol. The molecule has 32 heavy (non-hydrogen) atoms. The summed E-state index contributed by atoms with van der Waals surface area (Å²) in [5.74, 6) is 0.121. The summed E-state index contributed by atoms with van der Waals surface area (Å²) in [6.45, 7) is 4.40. The van der Waals surface area contributed by atoms with Crippen molar-refractivity contribution >= 4 is 28.9 Å². The predicted octanol–water partition coefficient (Wildman–Crippen LogP) is 6.12. The summed E-state index contributed by atoms with van der Waals surface area (Å²) in [7, 11) is 0. The van der Waals surface area contributed by atoms with Crippen molar-refractivity contribution in [2.75, 3.05) is 4.90 Å². The molecule has 0 radical (unpaired) electrons. The topological polar surface area (TPSA) is 77.8 Å². The van der Waals surface area contributed by atoms with Crippen LogP contribution in [0.4, 0.5) is 5.69 Å². The van der Waals surface area contributed by atoms with Crippen LogP contribution in [-0.4, -0.2) is 34.2 Å². The van der Waals surface area contributed by atoms with Crippen LogP contribution < -0.4 is 4.90 Å². The number of aliphatic hydroxyl groups excluding tert-OH is 1. The van der Waals surface area contributed by atoms with Gasteiger partial charge in [-0.05, 0) is 95.5 Å². The zero-order valence-corrected chi connectivity index (χ0v) is 20.2. The second kappa shape index (κ2) is 10.1. The second-order valence-electron chi connectivity index (χ2n) is 10.3. The van der Waals surface area contributed by atoms with Crippen LogP contribution >= 0.6 is 11.3 Å². The van der Waals surface area contributed by atoms with Crippen molar-refractivity contribution in [1.29, 1.82) is 0 Å². The normalized spacial score (nSPS) is 31.1. The number of allylic oxidation sites excluding steroid dienone is 2. The molecule has 0 aliphatic heterocycles. The van der Waals surface area contributed by atoms with Crippen LogP contribution in [0.2, 0.25) is 0 Å². The molecule has 2 saturated carbocycles. The van der Waals surface area contributed by atoms with Crippen molar-refractivity contribution in [2.24, 2.45) is 11.8 Å². The Morgan fingerprint density at radius 3 is 2.31 bits per heavy atom. The van der Waals surface area contributed by atoms with E-state index in [4.69, 9.17) is 0 Å². The van der Waals surface area contributed by atoms with Crippen LogP contribution in [0.3, 0.4) is 0 Å². The number of amides is 1. The average molecular weight is 460 g/mol. The highest BCUT2D eigenvalue weighted by Crippen LogP contribution is 2.43. The fourth-order valence-corrected chi connectivity index (χ4v) is 6.81.